The molecule has 0 amide bonds. The number of piperidine rings is 1. The number of hydrogen-bond acceptors (Lipinski definition) is 5. The van der Waals surface area contributed by atoms with Crippen LogP contribution in [0.2, 0.25) is 0 Å². The lowest BCUT2D eigenvalue weighted by Crippen LogP contribution is -2.37. The highest BCUT2D eigenvalue weighted by Gasteiger charge is 2.26. The lowest BCUT2D eigenvalue weighted by Gasteiger charge is -2.31. The summed E-state index contributed by atoms with van der Waals surface area (Å²) in [7, 11) is 2.09. The largest absolute Gasteiger partial charge is 0.464 e. The van der Waals surface area contributed by atoms with E-state index in [2.05, 4.69) is 11.9 Å². The summed E-state index contributed by atoms with van der Waals surface area (Å²) in [6.45, 7) is 1.84. The van der Waals surface area contributed by atoms with E-state index >= 15 is 0 Å². The van der Waals surface area contributed by atoms with Crippen LogP contribution in [0.15, 0.2) is 57.3 Å². The van der Waals surface area contributed by atoms with Crippen molar-refractivity contribution in [2.45, 2.75) is 25.3 Å². The molecule has 0 aliphatic carbocycles. The van der Waals surface area contributed by atoms with Crippen molar-refractivity contribution >= 4 is 21.6 Å². The molecule has 0 bridgehead atoms. The second-order valence-corrected chi connectivity index (χ2v) is 8.67. The van der Waals surface area contributed by atoms with Gasteiger partial charge in [-0.05, 0) is 56.7 Å². The summed E-state index contributed by atoms with van der Waals surface area (Å²) < 4.78 is 21.8. The molecule has 1 aliphatic rings. The van der Waals surface area contributed by atoms with Gasteiger partial charge in [0.15, 0.2) is 0 Å². The maximum absolute atomic E-state index is 14.4. The maximum Gasteiger partial charge on any atom is 0.263 e. The van der Waals surface area contributed by atoms with Gasteiger partial charge in [-0.2, -0.15) is 0 Å². The average molecular weight is 424 g/mol. The molecule has 4 aromatic rings. The summed E-state index contributed by atoms with van der Waals surface area (Å²) in [5.41, 5.74) is 1.26. The predicted octanol–water partition coefficient (Wildman–Crippen LogP) is 4.71. The molecule has 7 heteroatoms. The third-order valence-electron chi connectivity index (χ3n) is 5.86. The maximum atomic E-state index is 14.4. The van der Waals surface area contributed by atoms with Gasteiger partial charge in [-0.3, -0.25) is 9.36 Å². The number of halogens is 1. The molecule has 154 valence electrons. The van der Waals surface area contributed by atoms with Crippen LogP contribution >= 0.6 is 11.3 Å². The Kier molecular flexibility index (Phi) is 5.00. The lowest BCUT2D eigenvalue weighted by atomic mass is 10.0. The molecule has 0 N–H and O–H groups in total. The van der Waals surface area contributed by atoms with Crippen molar-refractivity contribution in [3.05, 3.63) is 75.6 Å². The Balaban J connectivity index is 1.69. The van der Waals surface area contributed by atoms with E-state index in [9.17, 15) is 9.18 Å². The van der Waals surface area contributed by atoms with Crippen molar-refractivity contribution in [3.63, 3.8) is 0 Å². The molecule has 1 aromatic carbocycles. The minimum absolute atomic E-state index is 0.0525. The fourth-order valence-electron chi connectivity index (χ4n) is 4.23. The van der Waals surface area contributed by atoms with E-state index in [1.165, 1.54) is 17.4 Å². The van der Waals surface area contributed by atoms with E-state index < -0.39 is 0 Å². The first-order valence-corrected chi connectivity index (χ1v) is 11.0. The molecule has 0 radical (unpaired) electrons. The number of rotatable bonds is 4. The number of fused-ring (bicyclic) bond motifs is 1. The normalized spacial score (nSPS) is 15.8. The Morgan fingerprint density at radius 3 is 2.73 bits per heavy atom. The van der Waals surface area contributed by atoms with E-state index in [1.54, 1.807) is 18.4 Å². The lowest BCUT2D eigenvalue weighted by molar-refractivity contribution is 0.216. The Morgan fingerprint density at radius 1 is 1.20 bits per heavy atom. The van der Waals surface area contributed by atoms with Gasteiger partial charge in [-0.15, -0.1) is 11.3 Å². The third kappa shape index (κ3) is 3.38. The predicted molar refractivity (Wildman–Crippen MR) is 117 cm³/mol. The minimum Gasteiger partial charge on any atom is -0.464 e. The van der Waals surface area contributed by atoms with Crippen molar-refractivity contribution in [3.8, 4) is 11.3 Å². The van der Waals surface area contributed by atoms with Crippen molar-refractivity contribution in [2.24, 2.45) is 0 Å². The van der Waals surface area contributed by atoms with Crippen LogP contribution in [0.25, 0.3) is 21.5 Å². The number of furan rings is 1. The fourth-order valence-corrected chi connectivity index (χ4v) is 5.16. The van der Waals surface area contributed by atoms with Gasteiger partial charge in [0.05, 0.1) is 11.6 Å². The first kappa shape index (κ1) is 19.2. The molecule has 0 atom stereocenters. The summed E-state index contributed by atoms with van der Waals surface area (Å²) in [5.74, 6) is 1.01. The molecule has 0 spiro atoms. The summed E-state index contributed by atoms with van der Waals surface area (Å²) >= 11 is 1.42. The Bertz CT molecular complexity index is 1240. The van der Waals surface area contributed by atoms with Crippen LogP contribution < -0.4 is 5.56 Å². The Labute approximate surface area is 177 Å². The van der Waals surface area contributed by atoms with Crippen LogP contribution in [-0.4, -0.2) is 34.6 Å². The molecule has 1 aliphatic heterocycles. The average Bonchev–Trinajstić information content (AvgIpc) is 3.41. The standard InChI is InChI=1S/C23H22FN3O2S/c1-26-10-8-16(9-11-26)27-20(13-15-5-2-3-6-18(15)24)25-22-21(23(27)28)17(14-30-22)19-7-4-12-29-19/h2-7,12,14,16H,8-11,13H2,1H3. The molecule has 5 rings (SSSR count). The SMILES string of the molecule is CN1CCC(n2c(Cc3ccccc3F)nc3scc(-c4ccco4)c3c2=O)CC1. The summed E-state index contributed by atoms with van der Waals surface area (Å²) in [5, 5.41) is 2.51. The monoisotopic (exact) mass is 423 g/mol. The second-order valence-electron chi connectivity index (χ2n) is 7.81. The Morgan fingerprint density at radius 2 is 2.00 bits per heavy atom. The van der Waals surface area contributed by atoms with Crippen LogP contribution in [0.5, 0.6) is 0 Å². The number of likely N-dealkylation sites (tertiary alicyclic amines) is 1. The molecular weight excluding hydrogens is 401 g/mol. The van der Waals surface area contributed by atoms with Crippen LogP contribution in [0.4, 0.5) is 4.39 Å². The van der Waals surface area contributed by atoms with Crippen LogP contribution in [0.1, 0.15) is 30.3 Å². The van der Waals surface area contributed by atoms with Gasteiger partial charge in [0.2, 0.25) is 0 Å². The van der Waals surface area contributed by atoms with Gasteiger partial charge in [0.25, 0.3) is 5.56 Å². The van der Waals surface area contributed by atoms with Gasteiger partial charge in [-0.25, -0.2) is 9.37 Å². The van der Waals surface area contributed by atoms with Crippen molar-refractivity contribution in [1.29, 1.82) is 0 Å². The smallest absolute Gasteiger partial charge is 0.263 e. The van der Waals surface area contributed by atoms with E-state index in [0.29, 0.717) is 27.4 Å². The van der Waals surface area contributed by atoms with Crippen LogP contribution in [0, 0.1) is 5.82 Å². The number of nitrogens with zero attached hydrogens (tertiary/aromatic N) is 3. The Hall–Kier alpha value is -2.77. The van der Waals surface area contributed by atoms with Crippen molar-refractivity contribution in [2.75, 3.05) is 20.1 Å². The van der Waals surface area contributed by atoms with E-state index in [4.69, 9.17) is 9.40 Å². The molecule has 30 heavy (non-hydrogen) atoms. The highest BCUT2D eigenvalue weighted by Crippen LogP contribution is 2.33. The van der Waals surface area contributed by atoms with Gasteiger partial charge >= 0.3 is 0 Å². The summed E-state index contributed by atoms with van der Waals surface area (Å²) in [6.07, 6.45) is 3.63. The quantitative estimate of drug-likeness (QED) is 0.477. The van der Waals surface area contributed by atoms with E-state index in [0.717, 1.165) is 31.5 Å². The van der Waals surface area contributed by atoms with Gasteiger partial charge in [-0.1, -0.05) is 18.2 Å². The first-order chi connectivity index (χ1) is 14.6. The number of thiophene rings is 1. The molecule has 0 saturated carbocycles. The number of aromatic nitrogens is 2. The molecule has 4 heterocycles. The highest BCUT2D eigenvalue weighted by molar-refractivity contribution is 7.17. The molecular formula is C23H22FN3O2S. The van der Waals surface area contributed by atoms with Crippen LogP contribution in [-0.2, 0) is 6.42 Å². The van der Waals surface area contributed by atoms with E-state index in [-0.39, 0.29) is 23.8 Å². The van der Waals surface area contributed by atoms with Crippen molar-refractivity contribution < 1.29 is 8.81 Å². The first-order valence-electron chi connectivity index (χ1n) is 10.1. The van der Waals surface area contributed by atoms with Crippen molar-refractivity contribution in [1.82, 2.24) is 14.5 Å². The minimum atomic E-state index is -0.274. The molecule has 1 fully saturated rings. The zero-order valence-corrected chi connectivity index (χ0v) is 17.5. The molecule has 5 nitrogen and oxygen atoms in total. The molecule has 3 aromatic heterocycles. The summed E-state index contributed by atoms with van der Waals surface area (Å²) in [4.78, 5) is 21.6. The topological polar surface area (TPSA) is 51.3 Å². The second kappa shape index (κ2) is 7.81. The number of benzene rings is 1. The third-order valence-corrected chi connectivity index (χ3v) is 6.73. The summed E-state index contributed by atoms with van der Waals surface area (Å²) in [6, 6.07) is 10.4. The molecule has 1 saturated heterocycles. The highest BCUT2D eigenvalue weighted by atomic mass is 32.1. The van der Waals surface area contributed by atoms with Gasteiger partial charge in [0.1, 0.15) is 22.2 Å². The molecule has 0 unspecified atom stereocenters. The van der Waals surface area contributed by atoms with E-state index in [1.807, 2.05) is 28.1 Å². The van der Waals surface area contributed by atoms with Gasteiger partial charge < -0.3 is 9.32 Å². The zero-order chi connectivity index (χ0) is 20.7. The van der Waals surface area contributed by atoms with Gasteiger partial charge in [0, 0.05) is 23.4 Å². The van der Waals surface area contributed by atoms with Crippen LogP contribution in [0.3, 0.4) is 0 Å². The zero-order valence-electron chi connectivity index (χ0n) is 16.7. The number of hydrogen-bond donors (Lipinski definition) is 0. The fraction of sp³-hybridized carbons (Fsp3) is 0.304.